The quantitative estimate of drug-likeness (QED) is 0.683. The summed E-state index contributed by atoms with van der Waals surface area (Å²) >= 11 is 0. The maximum Gasteiger partial charge on any atom is 0.227 e. The first-order chi connectivity index (χ1) is 11.5. The molecular weight excluding hydrogens is 308 g/mol. The van der Waals surface area contributed by atoms with Gasteiger partial charge in [-0.2, -0.15) is 0 Å². The minimum absolute atomic E-state index is 0.00874. The first-order valence-electron chi connectivity index (χ1n) is 8.29. The number of nitrogens with two attached hydrogens (primary N) is 1. The van der Waals surface area contributed by atoms with Crippen LogP contribution in [0.25, 0.3) is 0 Å². The van der Waals surface area contributed by atoms with Gasteiger partial charge in [-0.3, -0.25) is 4.79 Å². The monoisotopic (exact) mass is 338 g/mol. The molecule has 0 saturated heterocycles. The zero-order valence-corrected chi connectivity index (χ0v) is 15.4. The van der Waals surface area contributed by atoms with Crippen LogP contribution in [0.5, 0.6) is 17.2 Å². The lowest BCUT2D eigenvalue weighted by molar-refractivity contribution is -0.131. The van der Waals surface area contributed by atoms with Gasteiger partial charge in [0, 0.05) is 18.7 Å². The summed E-state index contributed by atoms with van der Waals surface area (Å²) in [5.41, 5.74) is 6.28. The van der Waals surface area contributed by atoms with E-state index in [4.69, 9.17) is 19.9 Å². The predicted molar refractivity (Wildman–Crippen MR) is 94.9 cm³/mol. The number of ether oxygens (including phenoxy) is 3. The molecule has 6 nitrogen and oxygen atoms in total. The molecule has 0 radical (unpaired) electrons. The average molecular weight is 338 g/mol. The van der Waals surface area contributed by atoms with Gasteiger partial charge >= 0.3 is 0 Å². The lowest BCUT2D eigenvalue weighted by Crippen LogP contribution is -2.45. The normalized spacial score (nSPS) is 11.1. The Morgan fingerprint density at radius 3 is 2.17 bits per heavy atom. The molecule has 0 heterocycles. The summed E-state index contributed by atoms with van der Waals surface area (Å²) in [7, 11) is 4.75. The van der Waals surface area contributed by atoms with Crippen molar-refractivity contribution in [1.82, 2.24) is 5.32 Å². The van der Waals surface area contributed by atoms with Crippen molar-refractivity contribution in [1.29, 1.82) is 0 Å². The minimum atomic E-state index is -0.484. The zero-order chi connectivity index (χ0) is 18.2. The fraction of sp³-hybridized carbons (Fsp3) is 0.611. The zero-order valence-electron chi connectivity index (χ0n) is 15.4. The maximum atomic E-state index is 12.5. The number of carbonyl (C=O) groups excluding carboxylic acids is 1. The third kappa shape index (κ3) is 4.12. The molecule has 1 aromatic carbocycles. The predicted octanol–water partition coefficient (Wildman–Crippen LogP) is 2.14. The van der Waals surface area contributed by atoms with Gasteiger partial charge in [0.05, 0.1) is 26.7 Å². The van der Waals surface area contributed by atoms with E-state index in [9.17, 15) is 4.79 Å². The standard InChI is InChI=1S/C18H30N2O4/c1-6-18(7-2,12-19)17(21)20-11-10-13-8-9-14(22-3)16(24-5)15(13)23-4/h8-9H,6-7,10-12,19H2,1-5H3,(H,20,21). The highest BCUT2D eigenvalue weighted by atomic mass is 16.5. The fourth-order valence-corrected chi connectivity index (χ4v) is 2.81. The largest absolute Gasteiger partial charge is 0.493 e. The van der Waals surface area contributed by atoms with Crippen LogP contribution in [0.3, 0.4) is 0 Å². The molecule has 1 amide bonds. The van der Waals surface area contributed by atoms with Gasteiger partial charge in [-0.25, -0.2) is 0 Å². The second kappa shape index (κ2) is 9.37. The highest BCUT2D eigenvalue weighted by molar-refractivity contribution is 5.82. The van der Waals surface area contributed by atoms with Crippen LogP contribution in [-0.2, 0) is 11.2 Å². The van der Waals surface area contributed by atoms with Gasteiger partial charge in [0.2, 0.25) is 11.7 Å². The highest BCUT2D eigenvalue weighted by Crippen LogP contribution is 2.39. The van der Waals surface area contributed by atoms with Crippen molar-refractivity contribution in [3.63, 3.8) is 0 Å². The Labute approximate surface area is 144 Å². The molecule has 0 aliphatic carbocycles. The Morgan fingerprint density at radius 1 is 1.08 bits per heavy atom. The molecule has 24 heavy (non-hydrogen) atoms. The smallest absolute Gasteiger partial charge is 0.227 e. The number of hydrogen-bond donors (Lipinski definition) is 2. The number of benzene rings is 1. The first kappa shape index (κ1) is 20.1. The molecule has 1 rings (SSSR count). The number of rotatable bonds is 10. The van der Waals surface area contributed by atoms with Crippen molar-refractivity contribution >= 4 is 5.91 Å². The third-order valence-electron chi connectivity index (χ3n) is 4.69. The van der Waals surface area contributed by atoms with Gasteiger partial charge in [-0.1, -0.05) is 19.9 Å². The maximum absolute atomic E-state index is 12.5. The number of carbonyl (C=O) groups is 1. The SMILES string of the molecule is CCC(CC)(CN)C(=O)NCCc1ccc(OC)c(OC)c1OC. The summed E-state index contributed by atoms with van der Waals surface area (Å²) in [4.78, 5) is 12.5. The average Bonchev–Trinajstić information content (AvgIpc) is 2.62. The van der Waals surface area contributed by atoms with Crippen LogP contribution < -0.4 is 25.3 Å². The van der Waals surface area contributed by atoms with Gasteiger partial charge in [-0.15, -0.1) is 0 Å². The van der Waals surface area contributed by atoms with Crippen LogP contribution in [0.15, 0.2) is 12.1 Å². The Morgan fingerprint density at radius 2 is 1.71 bits per heavy atom. The highest BCUT2D eigenvalue weighted by Gasteiger charge is 2.32. The second-order valence-corrected chi connectivity index (χ2v) is 5.69. The number of hydrogen-bond acceptors (Lipinski definition) is 5. The first-order valence-corrected chi connectivity index (χ1v) is 8.29. The Kier molecular flexibility index (Phi) is 7.85. The molecule has 1 aromatic rings. The summed E-state index contributed by atoms with van der Waals surface area (Å²) in [6.07, 6.45) is 2.08. The Balaban J connectivity index is 2.83. The van der Waals surface area contributed by atoms with Crippen molar-refractivity contribution in [2.45, 2.75) is 33.1 Å². The van der Waals surface area contributed by atoms with E-state index in [-0.39, 0.29) is 5.91 Å². The van der Waals surface area contributed by atoms with Crippen LogP contribution in [0.4, 0.5) is 0 Å². The molecule has 0 aliphatic rings. The van der Waals surface area contributed by atoms with Crippen molar-refractivity contribution in [2.24, 2.45) is 11.1 Å². The van der Waals surface area contributed by atoms with E-state index in [2.05, 4.69) is 5.32 Å². The summed E-state index contributed by atoms with van der Waals surface area (Å²) < 4.78 is 16.1. The minimum Gasteiger partial charge on any atom is -0.493 e. The van der Waals surface area contributed by atoms with Crippen LogP contribution in [0.1, 0.15) is 32.3 Å². The van der Waals surface area contributed by atoms with Gasteiger partial charge in [0.1, 0.15) is 0 Å². The third-order valence-corrected chi connectivity index (χ3v) is 4.69. The topological polar surface area (TPSA) is 82.8 Å². The van der Waals surface area contributed by atoms with E-state index >= 15 is 0 Å². The van der Waals surface area contributed by atoms with E-state index in [1.807, 2.05) is 26.0 Å². The van der Waals surface area contributed by atoms with E-state index in [1.54, 1.807) is 21.3 Å². The van der Waals surface area contributed by atoms with Crippen molar-refractivity contribution in [3.05, 3.63) is 17.7 Å². The van der Waals surface area contributed by atoms with E-state index < -0.39 is 5.41 Å². The molecule has 0 aromatic heterocycles. The molecule has 0 unspecified atom stereocenters. The fourth-order valence-electron chi connectivity index (χ4n) is 2.81. The molecule has 0 atom stereocenters. The van der Waals surface area contributed by atoms with Crippen molar-refractivity contribution in [2.75, 3.05) is 34.4 Å². The van der Waals surface area contributed by atoms with Crippen LogP contribution >= 0.6 is 0 Å². The van der Waals surface area contributed by atoms with Gasteiger partial charge < -0.3 is 25.3 Å². The molecule has 3 N–H and O–H groups in total. The number of nitrogens with one attached hydrogen (secondary N) is 1. The van der Waals surface area contributed by atoms with Gasteiger partial charge in [-0.05, 0) is 25.3 Å². The molecule has 0 saturated carbocycles. The Hall–Kier alpha value is -1.95. The molecule has 0 aliphatic heterocycles. The van der Waals surface area contributed by atoms with E-state index in [0.29, 0.717) is 36.8 Å². The Bertz CT molecular complexity index is 534. The molecule has 6 heteroatoms. The van der Waals surface area contributed by atoms with Crippen LogP contribution in [-0.4, -0.2) is 40.3 Å². The van der Waals surface area contributed by atoms with Crippen LogP contribution in [0, 0.1) is 5.41 Å². The molecule has 0 spiro atoms. The summed E-state index contributed by atoms with van der Waals surface area (Å²) in [5.74, 6) is 1.81. The lowest BCUT2D eigenvalue weighted by Gasteiger charge is -2.28. The van der Waals surface area contributed by atoms with Gasteiger partial charge in [0.25, 0.3) is 0 Å². The van der Waals surface area contributed by atoms with Crippen molar-refractivity contribution < 1.29 is 19.0 Å². The van der Waals surface area contributed by atoms with Crippen LogP contribution in [0.2, 0.25) is 0 Å². The summed E-state index contributed by atoms with van der Waals surface area (Å²) in [5, 5.41) is 3.00. The number of methoxy groups -OCH3 is 3. The molecular formula is C18H30N2O4. The van der Waals surface area contributed by atoms with Gasteiger partial charge in [0.15, 0.2) is 11.5 Å². The van der Waals surface area contributed by atoms with Crippen molar-refractivity contribution in [3.8, 4) is 17.2 Å². The molecule has 0 fully saturated rings. The molecule has 136 valence electrons. The second-order valence-electron chi connectivity index (χ2n) is 5.69. The number of amides is 1. The lowest BCUT2D eigenvalue weighted by atomic mass is 9.81. The summed E-state index contributed by atoms with van der Waals surface area (Å²) in [6, 6.07) is 3.75. The van der Waals surface area contributed by atoms with E-state index in [0.717, 1.165) is 18.4 Å². The van der Waals surface area contributed by atoms with E-state index in [1.165, 1.54) is 0 Å². The molecule has 0 bridgehead atoms. The summed E-state index contributed by atoms with van der Waals surface area (Å²) in [6.45, 7) is 4.85.